The van der Waals surface area contributed by atoms with Crippen LogP contribution < -0.4 is 5.56 Å². The number of hydrogen-bond donors (Lipinski definition) is 1. The Balaban J connectivity index is 1.42. The first-order valence-electron chi connectivity index (χ1n) is 10.9. The number of hydrogen-bond acceptors (Lipinski definition) is 5. The Hall–Kier alpha value is -2.48. The third-order valence-electron chi connectivity index (χ3n) is 6.67. The summed E-state index contributed by atoms with van der Waals surface area (Å²) in [5.74, 6) is 0.907. The monoisotopic (exact) mass is 426 g/mol. The highest BCUT2D eigenvalue weighted by atomic mass is 32.1. The molecule has 7 nitrogen and oxygen atoms in total. The molecule has 0 aromatic carbocycles. The molecule has 1 aliphatic carbocycles. The van der Waals surface area contributed by atoms with Gasteiger partial charge in [-0.15, -0.1) is 11.3 Å². The minimum Gasteiger partial charge on any atom is -0.332 e. The first-order chi connectivity index (χ1) is 14.6. The highest BCUT2D eigenvalue weighted by Gasteiger charge is 2.36. The fourth-order valence-corrected chi connectivity index (χ4v) is 5.41. The third-order valence-corrected chi connectivity index (χ3v) is 7.52. The summed E-state index contributed by atoms with van der Waals surface area (Å²) in [5, 5.41) is 1.89. The Labute approximate surface area is 179 Å². The molecule has 0 bridgehead atoms. The van der Waals surface area contributed by atoms with Crippen molar-refractivity contribution in [1.82, 2.24) is 19.8 Å². The molecular weight excluding hydrogens is 400 g/mol. The van der Waals surface area contributed by atoms with Gasteiger partial charge in [0.15, 0.2) is 0 Å². The maximum Gasteiger partial charge on any atom is 0.264 e. The first kappa shape index (κ1) is 19.5. The van der Waals surface area contributed by atoms with E-state index in [-0.39, 0.29) is 29.3 Å². The molecule has 2 aromatic rings. The van der Waals surface area contributed by atoms with Crippen molar-refractivity contribution in [2.24, 2.45) is 5.92 Å². The van der Waals surface area contributed by atoms with E-state index in [0.717, 1.165) is 45.1 Å². The molecule has 0 spiro atoms. The number of fused-ring (bicyclic) bond motifs is 1. The second-order valence-corrected chi connectivity index (χ2v) is 9.45. The van der Waals surface area contributed by atoms with Crippen molar-refractivity contribution in [3.05, 3.63) is 49.8 Å². The van der Waals surface area contributed by atoms with Crippen LogP contribution in [0.5, 0.6) is 0 Å². The molecule has 158 valence electrons. The molecule has 2 amide bonds. The lowest BCUT2D eigenvalue weighted by atomic mass is 9.83. The van der Waals surface area contributed by atoms with Gasteiger partial charge in [0.2, 0.25) is 5.91 Å². The summed E-state index contributed by atoms with van der Waals surface area (Å²) in [7, 11) is 0. The smallest absolute Gasteiger partial charge is 0.264 e. The van der Waals surface area contributed by atoms with Crippen molar-refractivity contribution in [3.63, 3.8) is 0 Å². The predicted molar refractivity (Wildman–Crippen MR) is 113 cm³/mol. The van der Waals surface area contributed by atoms with Gasteiger partial charge in [-0.3, -0.25) is 14.4 Å². The van der Waals surface area contributed by atoms with Crippen LogP contribution in [0.25, 0.3) is 0 Å². The fraction of sp³-hybridized carbons (Fsp3) is 0.545. The number of rotatable bonds is 3. The van der Waals surface area contributed by atoms with Gasteiger partial charge in [-0.25, -0.2) is 4.98 Å². The zero-order valence-corrected chi connectivity index (χ0v) is 17.7. The number of likely N-dealkylation sites (tertiary alicyclic amines) is 1. The minimum absolute atomic E-state index is 0.0151. The Morgan fingerprint density at radius 2 is 2.00 bits per heavy atom. The van der Waals surface area contributed by atoms with Crippen LogP contribution >= 0.6 is 11.3 Å². The molecule has 1 N–H and O–H groups in total. The maximum atomic E-state index is 13.0. The van der Waals surface area contributed by atoms with Crippen molar-refractivity contribution in [3.8, 4) is 0 Å². The fourth-order valence-electron chi connectivity index (χ4n) is 4.72. The van der Waals surface area contributed by atoms with Gasteiger partial charge in [0, 0.05) is 24.6 Å². The van der Waals surface area contributed by atoms with Crippen molar-refractivity contribution >= 4 is 23.2 Å². The highest BCUT2D eigenvalue weighted by Crippen LogP contribution is 2.35. The molecular formula is C22H26N4O3S. The lowest BCUT2D eigenvalue weighted by molar-refractivity contribution is -0.142. The van der Waals surface area contributed by atoms with E-state index in [1.165, 1.54) is 11.3 Å². The molecule has 5 rings (SSSR count). The second-order valence-electron chi connectivity index (χ2n) is 8.50. The minimum atomic E-state index is -0.173. The van der Waals surface area contributed by atoms with E-state index in [4.69, 9.17) is 4.98 Å². The lowest BCUT2D eigenvalue weighted by Crippen LogP contribution is -2.45. The average molecular weight is 427 g/mol. The van der Waals surface area contributed by atoms with E-state index in [1.807, 2.05) is 22.4 Å². The van der Waals surface area contributed by atoms with E-state index in [1.54, 1.807) is 4.90 Å². The zero-order valence-electron chi connectivity index (χ0n) is 16.9. The summed E-state index contributed by atoms with van der Waals surface area (Å²) in [6.45, 7) is 1.58. The summed E-state index contributed by atoms with van der Waals surface area (Å²) in [4.78, 5) is 50.7. The number of nitrogens with zero attached hydrogens (tertiary/aromatic N) is 3. The number of thiophene rings is 1. The molecule has 8 heteroatoms. The van der Waals surface area contributed by atoms with Crippen molar-refractivity contribution in [2.45, 2.75) is 57.5 Å². The van der Waals surface area contributed by atoms with Crippen molar-refractivity contribution in [1.29, 1.82) is 0 Å². The Morgan fingerprint density at radius 3 is 2.73 bits per heavy atom. The molecule has 1 saturated carbocycles. The molecule has 2 aliphatic heterocycles. The number of aromatic nitrogens is 2. The summed E-state index contributed by atoms with van der Waals surface area (Å²) in [5.41, 5.74) is 1.22. The normalized spacial score (nSPS) is 21.8. The zero-order chi connectivity index (χ0) is 20.7. The van der Waals surface area contributed by atoms with Gasteiger partial charge in [0.25, 0.3) is 11.5 Å². The number of carbonyl (C=O) groups is 2. The Kier molecular flexibility index (Phi) is 5.18. The van der Waals surface area contributed by atoms with E-state index < -0.39 is 0 Å². The Morgan fingerprint density at radius 1 is 1.13 bits per heavy atom. The second kappa shape index (κ2) is 7.98. The van der Waals surface area contributed by atoms with Crippen LogP contribution in [0.4, 0.5) is 0 Å². The van der Waals surface area contributed by atoms with Crippen LogP contribution in [-0.4, -0.2) is 44.7 Å². The number of aromatic amines is 1. The number of nitrogens with one attached hydrogen (secondary N) is 1. The SMILES string of the molecule is O=C(c1cccs1)N1CCc2c(nc([C@H]3CCCCN3C(=O)C3CCC3)[nH]c2=O)C1. The number of carbonyl (C=O) groups excluding carboxylic acids is 2. The van der Waals surface area contributed by atoms with Crippen LogP contribution in [0.2, 0.25) is 0 Å². The molecule has 0 unspecified atom stereocenters. The molecule has 30 heavy (non-hydrogen) atoms. The topological polar surface area (TPSA) is 86.4 Å². The van der Waals surface area contributed by atoms with Crippen LogP contribution in [-0.2, 0) is 17.8 Å². The lowest BCUT2D eigenvalue weighted by Gasteiger charge is -2.39. The molecule has 1 saturated heterocycles. The largest absolute Gasteiger partial charge is 0.332 e. The summed E-state index contributed by atoms with van der Waals surface area (Å²) < 4.78 is 0. The summed E-state index contributed by atoms with van der Waals surface area (Å²) in [6.07, 6.45) is 6.39. The van der Waals surface area contributed by atoms with Crippen molar-refractivity contribution < 1.29 is 9.59 Å². The third kappa shape index (κ3) is 3.47. The van der Waals surface area contributed by atoms with Gasteiger partial charge in [0.1, 0.15) is 5.82 Å². The van der Waals surface area contributed by atoms with E-state index in [0.29, 0.717) is 41.5 Å². The number of H-pyrrole nitrogens is 1. The molecule has 3 aliphatic rings. The summed E-state index contributed by atoms with van der Waals surface area (Å²) >= 11 is 1.43. The maximum absolute atomic E-state index is 13.0. The van der Waals surface area contributed by atoms with Crippen molar-refractivity contribution in [2.75, 3.05) is 13.1 Å². The Bertz CT molecular complexity index is 1010. The predicted octanol–water partition coefficient (Wildman–Crippen LogP) is 2.88. The molecule has 2 fully saturated rings. The van der Waals surface area contributed by atoms with Crippen LogP contribution in [0.1, 0.15) is 71.3 Å². The highest BCUT2D eigenvalue weighted by molar-refractivity contribution is 7.12. The standard InChI is InChI=1S/C22H26N4O3S/c27-20-15-9-11-25(22(29)18-8-4-12-30-18)13-16(15)23-19(24-20)17-7-1-2-10-26(17)21(28)14-5-3-6-14/h4,8,12,14,17H,1-3,5-7,9-11,13H2,(H,23,24,27)/t17-/m1/s1. The first-order valence-corrected chi connectivity index (χ1v) is 11.7. The van der Waals surface area contributed by atoms with Crippen LogP contribution in [0, 0.1) is 5.92 Å². The molecule has 4 heterocycles. The average Bonchev–Trinajstić information content (AvgIpc) is 3.26. The molecule has 0 radical (unpaired) electrons. The number of piperidine rings is 1. The summed E-state index contributed by atoms with van der Waals surface area (Å²) in [6, 6.07) is 3.52. The van der Waals surface area contributed by atoms with Gasteiger partial charge >= 0.3 is 0 Å². The molecule has 2 aromatic heterocycles. The van der Waals surface area contributed by atoms with Gasteiger partial charge < -0.3 is 14.8 Å². The molecule has 1 atom stereocenters. The van der Waals surface area contributed by atoms with Gasteiger partial charge in [-0.05, 0) is 50.0 Å². The van der Waals surface area contributed by atoms with Crippen LogP contribution in [0.3, 0.4) is 0 Å². The van der Waals surface area contributed by atoms with Gasteiger partial charge in [-0.2, -0.15) is 0 Å². The van der Waals surface area contributed by atoms with E-state index in [2.05, 4.69) is 4.98 Å². The number of amides is 2. The van der Waals surface area contributed by atoms with Crippen LogP contribution in [0.15, 0.2) is 22.3 Å². The van der Waals surface area contributed by atoms with Gasteiger partial charge in [-0.1, -0.05) is 12.5 Å². The van der Waals surface area contributed by atoms with Gasteiger partial charge in [0.05, 0.1) is 23.2 Å². The van der Waals surface area contributed by atoms with E-state index in [9.17, 15) is 14.4 Å². The quantitative estimate of drug-likeness (QED) is 0.818. The van der Waals surface area contributed by atoms with E-state index >= 15 is 0 Å².